The summed E-state index contributed by atoms with van der Waals surface area (Å²) in [4.78, 5) is 0. The van der Waals surface area contributed by atoms with Gasteiger partial charge in [0.15, 0.2) is 0 Å². The number of hydrogen-bond donors (Lipinski definition) is 2. The number of halogens is 1. The average Bonchev–Trinajstić information content (AvgIpc) is 2.46. The van der Waals surface area contributed by atoms with Crippen LogP contribution in [-0.2, 0) is 9.47 Å². The average molecular weight is 348 g/mol. The molecule has 0 saturated heterocycles. The normalized spacial score (nSPS) is 12.2. The van der Waals surface area contributed by atoms with Crippen LogP contribution in [-0.4, -0.2) is 51.3 Å². The second kappa shape index (κ2) is 9.99. The third-order valence-electron chi connectivity index (χ3n) is 2.58. The molecule has 0 heterocycles. The van der Waals surface area contributed by atoms with Gasteiger partial charge in [-0.3, -0.25) is 0 Å². The number of rotatable bonds is 10. The third-order valence-corrected chi connectivity index (χ3v) is 3.23. The molecule has 0 aliphatic heterocycles. The van der Waals surface area contributed by atoms with Crippen LogP contribution in [0.2, 0.25) is 0 Å². The number of methoxy groups -OCH3 is 1. The van der Waals surface area contributed by atoms with Crippen molar-refractivity contribution in [2.75, 3.05) is 45.4 Å². The Balaban J connectivity index is 2.25. The molecule has 0 aliphatic carbocycles. The predicted octanol–water partition coefficient (Wildman–Crippen LogP) is 2.28. The van der Waals surface area contributed by atoms with Crippen LogP contribution < -0.4 is 10.1 Å². The van der Waals surface area contributed by atoms with Crippen molar-refractivity contribution in [3.63, 3.8) is 0 Å². The zero-order valence-corrected chi connectivity index (χ0v) is 13.5. The molecule has 0 spiro atoms. The first-order chi connectivity index (χ1) is 9.67. The van der Waals surface area contributed by atoms with Gasteiger partial charge < -0.3 is 24.6 Å². The molecule has 1 unspecified atom stereocenters. The fraction of sp³-hybridized carbons (Fsp3) is 0.571. The maximum atomic E-state index is 9.78. The highest BCUT2D eigenvalue weighted by atomic mass is 79.9. The molecule has 20 heavy (non-hydrogen) atoms. The van der Waals surface area contributed by atoms with Gasteiger partial charge in [-0.1, -0.05) is 0 Å². The third kappa shape index (κ3) is 6.56. The molecule has 114 valence electrons. The zero-order valence-electron chi connectivity index (χ0n) is 11.9. The molecule has 2 N–H and O–H groups in total. The van der Waals surface area contributed by atoms with Gasteiger partial charge in [0.05, 0.1) is 37.5 Å². The van der Waals surface area contributed by atoms with Crippen LogP contribution in [0.25, 0.3) is 0 Å². The van der Waals surface area contributed by atoms with E-state index < -0.39 is 6.10 Å². The molecule has 0 radical (unpaired) electrons. The van der Waals surface area contributed by atoms with Gasteiger partial charge in [0.2, 0.25) is 0 Å². The fourth-order valence-electron chi connectivity index (χ4n) is 1.55. The number of ether oxygens (including phenoxy) is 3. The predicted molar refractivity (Wildman–Crippen MR) is 82.5 cm³/mol. The van der Waals surface area contributed by atoms with Crippen molar-refractivity contribution in [1.82, 2.24) is 0 Å². The fourth-order valence-corrected chi connectivity index (χ4v) is 1.95. The summed E-state index contributed by atoms with van der Waals surface area (Å²) in [6, 6.07) is 5.67. The molecular weight excluding hydrogens is 326 g/mol. The first-order valence-electron chi connectivity index (χ1n) is 6.58. The van der Waals surface area contributed by atoms with Crippen LogP contribution in [0.3, 0.4) is 0 Å². The summed E-state index contributed by atoms with van der Waals surface area (Å²) in [6.07, 6.45) is -0.564. The maximum absolute atomic E-state index is 9.78. The van der Waals surface area contributed by atoms with Crippen LogP contribution >= 0.6 is 15.9 Å². The minimum atomic E-state index is -0.564. The lowest BCUT2D eigenvalue weighted by molar-refractivity contribution is 0.0103. The molecule has 1 rings (SSSR count). The van der Waals surface area contributed by atoms with E-state index in [1.807, 2.05) is 25.1 Å². The smallest absolute Gasteiger partial charge is 0.135 e. The first-order valence-corrected chi connectivity index (χ1v) is 7.37. The van der Waals surface area contributed by atoms with Crippen LogP contribution in [0.15, 0.2) is 22.7 Å². The lowest BCUT2D eigenvalue weighted by Gasteiger charge is -2.14. The number of nitrogens with one attached hydrogen (secondary N) is 1. The molecule has 1 aromatic rings. The summed E-state index contributed by atoms with van der Waals surface area (Å²) >= 11 is 3.39. The highest BCUT2D eigenvalue weighted by Gasteiger charge is 2.06. The van der Waals surface area contributed by atoms with Gasteiger partial charge in [0.1, 0.15) is 5.75 Å². The van der Waals surface area contributed by atoms with Gasteiger partial charge in [-0.25, -0.2) is 0 Å². The van der Waals surface area contributed by atoms with E-state index in [4.69, 9.17) is 14.2 Å². The van der Waals surface area contributed by atoms with E-state index in [-0.39, 0.29) is 6.61 Å². The van der Waals surface area contributed by atoms with Gasteiger partial charge in [-0.15, -0.1) is 0 Å². The Morgan fingerprint density at radius 3 is 2.75 bits per heavy atom. The molecule has 1 aromatic carbocycles. The highest BCUT2D eigenvalue weighted by Crippen LogP contribution is 2.27. The molecule has 0 saturated carbocycles. The second-order valence-corrected chi connectivity index (χ2v) is 5.01. The van der Waals surface area contributed by atoms with Gasteiger partial charge in [-0.05, 0) is 35.0 Å². The van der Waals surface area contributed by atoms with E-state index in [0.29, 0.717) is 26.4 Å². The van der Waals surface area contributed by atoms with Crippen LogP contribution in [0.5, 0.6) is 5.75 Å². The van der Waals surface area contributed by atoms with Crippen molar-refractivity contribution in [3.05, 3.63) is 22.7 Å². The lowest BCUT2D eigenvalue weighted by atomic mass is 10.3. The Kier molecular flexibility index (Phi) is 8.60. The molecule has 1 atom stereocenters. The molecule has 0 aliphatic rings. The van der Waals surface area contributed by atoms with E-state index in [1.54, 1.807) is 7.11 Å². The van der Waals surface area contributed by atoms with Crippen molar-refractivity contribution in [1.29, 1.82) is 0 Å². The minimum Gasteiger partial charge on any atom is -0.495 e. The summed E-state index contributed by atoms with van der Waals surface area (Å²) < 4.78 is 16.5. The van der Waals surface area contributed by atoms with E-state index >= 15 is 0 Å². The molecule has 5 nitrogen and oxygen atoms in total. The number of benzene rings is 1. The summed E-state index contributed by atoms with van der Waals surface area (Å²) in [5, 5.41) is 12.9. The number of aliphatic hydroxyl groups excluding tert-OH is 1. The monoisotopic (exact) mass is 347 g/mol. The Hall–Kier alpha value is -0.820. The minimum absolute atomic E-state index is 0.285. The lowest BCUT2D eigenvalue weighted by Crippen LogP contribution is -2.25. The summed E-state index contributed by atoms with van der Waals surface area (Å²) in [7, 11) is 1.62. The van der Waals surface area contributed by atoms with Gasteiger partial charge in [-0.2, -0.15) is 0 Å². The van der Waals surface area contributed by atoms with Gasteiger partial charge in [0, 0.05) is 24.9 Å². The molecule has 0 aromatic heterocycles. The number of anilines is 1. The van der Waals surface area contributed by atoms with E-state index in [9.17, 15) is 5.11 Å². The SMILES string of the molecule is CCOCCOCC(O)CNc1ccc(Br)c(OC)c1. The Bertz CT molecular complexity index is 389. The van der Waals surface area contributed by atoms with Gasteiger partial charge in [0.25, 0.3) is 0 Å². The second-order valence-electron chi connectivity index (χ2n) is 4.16. The molecule has 0 bridgehead atoms. The van der Waals surface area contributed by atoms with E-state index in [1.165, 1.54) is 0 Å². The highest BCUT2D eigenvalue weighted by molar-refractivity contribution is 9.10. The number of aliphatic hydroxyl groups is 1. The standard InChI is InChI=1S/C14H22BrNO4/c1-3-19-6-7-20-10-12(17)9-16-11-4-5-13(15)14(8-11)18-2/h4-5,8,12,16-17H,3,6-7,9-10H2,1-2H3. The number of hydrogen-bond acceptors (Lipinski definition) is 5. The zero-order chi connectivity index (χ0) is 14.8. The van der Waals surface area contributed by atoms with Crippen LogP contribution in [0, 0.1) is 0 Å². The van der Waals surface area contributed by atoms with Crippen molar-refractivity contribution in [3.8, 4) is 5.75 Å². The van der Waals surface area contributed by atoms with E-state index in [2.05, 4.69) is 21.2 Å². The maximum Gasteiger partial charge on any atom is 0.135 e. The van der Waals surface area contributed by atoms with Crippen molar-refractivity contribution in [2.45, 2.75) is 13.0 Å². The largest absolute Gasteiger partial charge is 0.495 e. The Labute approximate surface area is 128 Å². The molecule has 0 fully saturated rings. The first kappa shape index (κ1) is 17.2. The summed E-state index contributed by atoms with van der Waals surface area (Å²) in [6.45, 7) is 4.37. The Morgan fingerprint density at radius 2 is 2.05 bits per heavy atom. The topological polar surface area (TPSA) is 60.0 Å². The Morgan fingerprint density at radius 1 is 1.30 bits per heavy atom. The van der Waals surface area contributed by atoms with Crippen LogP contribution in [0.1, 0.15) is 6.92 Å². The summed E-state index contributed by atoms with van der Waals surface area (Å²) in [5.41, 5.74) is 0.887. The van der Waals surface area contributed by atoms with Gasteiger partial charge >= 0.3 is 0 Å². The van der Waals surface area contributed by atoms with Crippen molar-refractivity contribution < 1.29 is 19.3 Å². The molecule has 6 heteroatoms. The summed E-state index contributed by atoms with van der Waals surface area (Å²) in [5.74, 6) is 0.748. The van der Waals surface area contributed by atoms with Crippen molar-refractivity contribution >= 4 is 21.6 Å². The quantitative estimate of drug-likeness (QED) is 0.636. The van der Waals surface area contributed by atoms with Crippen LogP contribution in [0.4, 0.5) is 5.69 Å². The van der Waals surface area contributed by atoms with E-state index in [0.717, 1.165) is 15.9 Å². The van der Waals surface area contributed by atoms with Crippen molar-refractivity contribution in [2.24, 2.45) is 0 Å². The molecular formula is C14H22BrNO4. The molecule has 0 amide bonds.